The number of anilines is 2. The minimum atomic E-state index is -0.996. The molecule has 1 amide bonds. The fourth-order valence-electron chi connectivity index (χ4n) is 2.08. The first-order valence-corrected chi connectivity index (χ1v) is 6.36. The average Bonchev–Trinajstić information content (AvgIpc) is 2.87. The molecular weight excluding hydrogens is 260 g/mol. The van der Waals surface area contributed by atoms with E-state index in [2.05, 4.69) is 10.3 Å². The number of rotatable bonds is 4. The zero-order valence-electron chi connectivity index (χ0n) is 12.0. The first-order chi connectivity index (χ1) is 9.48. The van der Waals surface area contributed by atoms with Crippen molar-refractivity contribution in [2.75, 3.05) is 44.6 Å². The number of carbonyl (C=O) groups is 1. The van der Waals surface area contributed by atoms with Crippen LogP contribution in [0.3, 0.4) is 0 Å². The van der Waals surface area contributed by atoms with Crippen molar-refractivity contribution >= 4 is 17.3 Å². The van der Waals surface area contributed by atoms with E-state index < -0.39 is 5.54 Å². The van der Waals surface area contributed by atoms with E-state index in [1.54, 1.807) is 12.3 Å². The van der Waals surface area contributed by atoms with Gasteiger partial charge in [-0.3, -0.25) is 4.79 Å². The van der Waals surface area contributed by atoms with Crippen LogP contribution >= 0.6 is 0 Å². The van der Waals surface area contributed by atoms with Crippen LogP contribution in [0.1, 0.15) is 6.42 Å². The maximum Gasteiger partial charge on any atom is 0.247 e. The van der Waals surface area contributed by atoms with E-state index in [0.717, 1.165) is 5.69 Å². The first kappa shape index (κ1) is 14.5. The summed E-state index contributed by atoms with van der Waals surface area (Å²) < 4.78 is 10.4. The number of nitrogens with one attached hydrogen (secondary N) is 1. The second-order valence-corrected chi connectivity index (χ2v) is 5.02. The summed E-state index contributed by atoms with van der Waals surface area (Å²) in [5, 5.41) is 2.82. The molecule has 1 aromatic rings. The van der Waals surface area contributed by atoms with Gasteiger partial charge in [-0.2, -0.15) is 0 Å². The molecule has 1 saturated heterocycles. The maximum absolute atomic E-state index is 12.4. The third kappa shape index (κ3) is 2.68. The Morgan fingerprint density at radius 1 is 1.60 bits per heavy atom. The van der Waals surface area contributed by atoms with Crippen LogP contribution in [0.25, 0.3) is 0 Å². The van der Waals surface area contributed by atoms with Crippen LogP contribution < -0.4 is 20.7 Å². The third-order valence-electron chi connectivity index (χ3n) is 3.31. The summed E-state index contributed by atoms with van der Waals surface area (Å²) in [5.74, 6) is 0.0662. The molecule has 1 aromatic heterocycles. The minimum absolute atomic E-state index is 0.221. The van der Waals surface area contributed by atoms with Crippen molar-refractivity contribution < 1.29 is 14.3 Å². The molecule has 2 heterocycles. The van der Waals surface area contributed by atoms with Gasteiger partial charge in [0.2, 0.25) is 11.8 Å². The van der Waals surface area contributed by atoms with Gasteiger partial charge in [-0.15, -0.1) is 0 Å². The second-order valence-electron chi connectivity index (χ2n) is 5.02. The highest BCUT2D eigenvalue weighted by Crippen LogP contribution is 2.33. The number of nitrogens with two attached hydrogens (primary N) is 1. The van der Waals surface area contributed by atoms with Crippen LogP contribution in [0.5, 0.6) is 5.88 Å². The molecular formula is C13H20N4O3. The molecule has 0 aliphatic carbocycles. The summed E-state index contributed by atoms with van der Waals surface area (Å²) in [5.41, 5.74) is 6.37. The summed E-state index contributed by atoms with van der Waals surface area (Å²) in [6, 6.07) is 1.80. The fourth-order valence-corrected chi connectivity index (χ4v) is 2.08. The second kappa shape index (κ2) is 5.64. The van der Waals surface area contributed by atoms with Crippen LogP contribution in [-0.2, 0) is 9.53 Å². The smallest absolute Gasteiger partial charge is 0.247 e. The highest BCUT2D eigenvalue weighted by Gasteiger charge is 2.39. The van der Waals surface area contributed by atoms with Crippen LogP contribution in [0.15, 0.2) is 12.3 Å². The fraction of sp³-hybridized carbons (Fsp3) is 0.538. The van der Waals surface area contributed by atoms with Gasteiger partial charge in [0.05, 0.1) is 19.4 Å². The lowest BCUT2D eigenvalue weighted by atomic mass is 9.99. The van der Waals surface area contributed by atoms with Crippen LogP contribution in [0, 0.1) is 0 Å². The summed E-state index contributed by atoms with van der Waals surface area (Å²) in [6.45, 7) is 0.716. The van der Waals surface area contributed by atoms with E-state index >= 15 is 0 Å². The molecule has 0 spiro atoms. The van der Waals surface area contributed by atoms with Crippen molar-refractivity contribution in [3.8, 4) is 5.88 Å². The number of aromatic nitrogens is 1. The van der Waals surface area contributed by atoms with E-state index in [4.69, 9.17) is 15.2 Å². The highest BCUT2D eigenvalue weighted by atomic mass is 16.5. The number of ether oxygens (including phenoxy) is 2. The molecule has 0 radical (unpaired) electrons. The SMILES string of the molecule is COc1nccc(N(C)C)c1NC(=O)C1(N)CCOC1. The predicted octanol–water partition coefficient (Wildman–Crippen LogP) is 0.213. The lowest BCUT2D eigenvalue weighted by Gasteiger charge is -2.24. The summed E-state index contributed by atoms with van der Waals surface area (Å²) in [6.07, 6.45) is 2.12. The summed E-state index contributed by atoms with van der Waals surface area (Å²) >= 11 is 0. The van der Waals surface area contributed by atoms with Gasteiger partial charge in [0.25, 0.3) is 0 Å². The van der Waals surface area contributed by atoms with Gasteiger partial charge in [-0.1, -0.05) is 0 Å². The third-order valence-corrected chi connectivity index (χ3v) is 3.31. The number of carbonyl (C=O) groups excluding carboxylic acids is 1. The molecule has 1 fully saturated rings. The number of nitrogens with zero attached hydrogens (tertiary/aromatic N) is 2. The Morgan fingerprint density at radius 2 is 2.35 bits per heavy atom. The normalized spacial score (nSPS) is 21.6. The molecule has 0 aromatic carbocycles. The van der Waals surface area contributed by atoms with Crippen molar-refractivity contribution in [2.24, 2.45) is 5.73 Å². The first-order valence-electron chi connectivity index (χ1n) is 6.36. The van der Waals surface area contributed by atoms with Crippen LogP contribution in [-0.4, -0.2) is 50.8 Å². The van der Waals surface area contributed by atoms with Gasteiger partial charge in [-0.05, 0) is 12.5 Å². The monoisotopic (exact) mass is 280 g/mol. The van der Waals surface area contributed by atoms with Crippen LogP contribution in [0.4, 0.5) is 11.4 Å². The van der Waals surface area contributed by atoms with Gasteiger partial charge in [0, 0.05) is 26.9 Å². The van der Waals surface area contributed by atoms with Gasteiger partial charge >= 0.3 is 0 Å². The molecule has 0 saturated carbocycles. The zero-order valence-corrected chi connectivity index (χ0v) is 12.0. The molecule has 1 atom stereocenters. The molecule has 110 valence electrons. The van der Waals surface area contributed by atoms with Gasteiger partial charge in [-0.25, -0.2) is 4.98 Å². The van der Waals surface area contributed by atoms with Gasteiger partial charge in [0.1, 0.15) is 11.2 Å². The number of methoxy groups -OCH3 is 1. The quantitative estimate of drug-likeness (QED) is 0.819. The van der Waals surface area contributed by atoms with E-state index in [0.29, 0.717) is 24.6 Å². The number of hydrogen-bond acceptors (Lipinski definition) is 6. The Bertz CT molecular complexity index is 498. The Balaban J connectivity index is 2.30. The standard InChI is InChI=1S/C13H20N4O3/c1-17(2)9-4-6-15-11(19-3)10(9)16-12(18)13(14)5-7-20-8-13/h4,6H,5,7-8,14H2,1-3H3,(H,16,18). The Labute approximate surface area is 118 Å². The zero-order chi connectivity index (χ0) is 14.8. The number of hydrogen-bond donors (Lipinski definition) is 2. The molecule has 1 aliphatic heterocycles. The minimum Gasteiger partial charge on any atom is -0.479 e. The molecule has 20 heavy (non-hydrogen) atoms. The topological polar surface area (TPSA) is 89.7 Å². The van der Waals surface area contributed by atoms with Crippen LogP contribution in [0.2, 0.25) is 0 Å². The van der Waals surface area contributed by atoms with Crippen molar-refractivity contribution in [3.05, 3.63) is 12.3 Å². The molecule has 0 bridgehead atoms. The van der Waals surface area contributed by atoms with E-state index in [1.807, 2.05) is 19.0 Å². The molecule has 1 aliphatic rings. The highest BCUT2D eigenvalue weighted by molar-refractivity contribution is 6.01. The molecule has 3 N–H and O–H groups in total. The lowest BCUT2D eigenvalue weighted by Crippen LogP contribution is -2.51. The maximum atomic E-state index is 12.4. The summed E-state index contributed by atoms with van der Waals surface area (Å²) in [4.78, 5) is 18.3. The Hall–Kier alpha value is -1.86. The predicted molar refractivity (Wildman–Crippen MR) is 76.1 cm³/mol. The largest absolute Gasteiger partial charge is 0.479 e. The Kier molecular flexibility index (Phi) is 4.10. The molecule has 1 unspecified atom stereocenters. The van der Waals surface area contributed by atoms with E-state index in [1.165, 1.54) is 7.11 Å². The van der Waals surface area contributed by atoms with Crippen molar-refractivity contribution in [1.82, 2.24) is 4.98 Å². The summed E-state index contributed by atoms with van der Waals surface area (Å²) in [7, 11) is 5.26. The Morgan fingerprint density at radius 3 is 2.90 bits per heavy atom. The molecule has 7 heteroatoms. The molecule has 2 rings (SSSR count). The van der Waals surface area contributed by atoms with Crippen molar-refractivity contribution in [3.63, 3.8) is 0 Å². The van der Waals surface area contributed by atoms with E-state index in [-0.39, 0.29) is 12.5 Å². The number of amides is 1. The van der Waals surface area contributed by atoms with Gasteiger partial charge < -0.3 is 25.4 Å². The van der Waals surface area contributed by atoms with E-state index in [9.17, 15) is 4.79 Å². The lowest BCUT2D eigenvalue weighted by molar-refractivity contribution is -0.121. The van der Waals surface area contributed by atoms with Crippen molar-refractivity contribution in [2.45, 2.75) is 12.0 Å². The molecule has 7 nitrogen and oxygen atoms in total. The van der Waals surface area contributed by atoms with Crippen molar-refractivity contribution in [1.29, 1.82) is 0 Å². The van der Waals surface area contributed by atoms with Gasteiger partial charge in [0.15, 0.2) is 0 Å². The average molecular weight is 280 g/mol. The number of pyridine rings is 1.